The van der Waals surface area contributed by atoms with Crippen molar-refractivity contribution in [2.45, 2.75) is 6.18 Å². The van der Waals surface area contributed by atoms with Gasteiger partial charge in [0, 0.05) is 5.56 Å². The van der Waals surface area contributed by atoms with Crippen molar-refractivity contribution >= 4 is 22.2 Å². The molecule has 14 heavy (non-hydrogen) atoms. The zero-order chi connectivity index (χ0) is 10.9. The number of rotatable bonds is 1. The van der Waals surface area contributed by atoms with E-state index >= 15 is 0 Å². The summed E-state index contributed by atoms with van der Waals surface area (Å²) in [6, 6.07) is 1.08. The van der Waals surface area contributed by atoms with Crippen LogP contribution in [0.25, 0.3) is 0 Å². The summed E-state index contributed by atoms with van der Waals surface area (Å²) in [6.07, 6.45) is -4.69. The lowest BCUT2D eigenvalue weighted by Gasteiger charge is -2.09. The maximum Gasteiger partial charge on any atom is 0.417 e. The van der Waals surface area contributed by atoms with Crippen LogP contribution in [0.1, 0.15) is 15.9 Å². The van der Waals surface area contributed by atoms with Gasteiger partial charge in [-0.05, 0) is 28.1 Å². The van der Waals surface area contributed by atoms with Crippen molar-refractivity contribution in [1.82, 2.24) is 0 Å². The lowest BCUT2D eigenvalue weighted by atomic mass is 10.1. The molecule has 0 aliphatic rings. The Labute approximate surface area is 84.9 Å². The highest BCUT2D eigenvalue weighted by Crippen LogP contribution is 2.34. The smallest absolute Gasteiger partial charge is 0.298 e. The van der Waals surface area contributed by atoms with Crippen LogP contribution in [0.5, 0.6) is 0 Å². The first kappa shape index (κ1) is 11.2. The lowest BCUT2D eigenvalue weighted by Crippen LogP contribution is -2.09. The molecular weight excluding hydrogens is 268 g/mol. The predicted molar refractivity (Wildman–Crippen MR) is 44.5 cm³/mol. The van der Waals surface area contributed by atoms with E-state index < -0.39 is 23.1 Å². The zero-order valence-corrected chi connectivity index (χ0v) is 8.12. The lowest BCUT2D eigenvalue weighted by molar-refractivity contribution is -0.137. The average molecular weight is 271 g/mol. The molecule has 0 fully saturated rings. The van der Waals surface area contributed by atoms with Crippen LogP contribution >= 0.6 is 15.9 Å². The molecule has 76 valence electrons. The third kappa shape index (κ3) is 2.12. The van der Waals surface area contributed by atoms with E-state index in [0.29, 0.717) is 12.1 Å². The number of aldehydes is 1. The summed E-state index contributed by atoms with van der Waals surface area (Å²) in [4.78, 5) is 10.3. The maximum atomic E-state index is 12.8. The van der Waals surface area contributed by atoms with E-state index in [2.05, 4.69) is 15.9 Å². The average Bonchev–Trinajstić information content (AvgIpc) is 2.07. The molecule has 0 aromatic heterocycles. The normalized spacial score (nSPS) is 11.5. The molecule has 1 aromatic rings. The minimum absolute atomic E-state index is 0.0294. The van der Waals surface area contributed by atoms with Gasteiger partial charge in [-0.1, -0.05) is 0 Å². The Bertz CT molecular complexity index is 372. The summed E-state index contributed by atoms with van der Waals surface area (Å²) >= 11 is 2.61. The third-order valence-corrected chi connectivity index (χ3v) is 2.13. The van der Waals surface area contributed by atoms with E-state index in [0.717, 1.165) is 0 Å². The summed E-state index contributed by atoms with van der Waals surface area (Å²) in [5, 5.41) is 0. The number of carbonyl (C=O) groups is 1. The van der Waals surface area contributed by atoms with Gasteiger partial charge in [0.2, 0.25) is 0 Å². The molecule has 0 bridgehead atoms. The van der Waals surface area contributed by atoms with Crippen LogP contribution < -0.4 is 0 Å². The molecule has 0 N–H and O–H groups in total. The zero-order valence-electron chi connectivity index (χ0n) is 6.53. The maximum absolute atomic E-state index is 12.8. The van der Waals surface area contributed by atoms with E-state index in [1.807, 2.05) is 0 Å². The minimum atomic E-state index is -4.66. The topological polar surface area (TPSA) is 17.1 Å². The Morgan fingerprint density at radius 1 is 1.29 bits per heavy atom. The molecular formula is C8H3BrF4O. The predicted octanol–water partition coefficient (Wildman–Crippen LogP) is 3.42. The second-order valence-electron chi connectivity index (χ2n) is 2.47. The van der Waals surface area contributed by atoms with Crippen LogP contribution in [0.3, 0.4) is 0 Å². The molecule has 0 saturated carbocycles. The molecule has 1 rings (SSSR count). The second-order valence-corrected chi connectivity index (χ2v) is 3.32. The number of hydrogen-bond donors (Lipinski definition) is 0. The van der Waals surface area contributed by atoms with Crippen LogP contribution in [0, 0.1) is 5.82 Å². The minimum Gasteiger partial charge on any atom is -0.298 e. The van der Waals surface area contributed by atoms with E-state index in [1.165, 1.54) is 0 Å². The molecule has 0 aliphatic heterocycles. The molecule has 0 atom stereocenters. The first-order chi connectivity index (χ1) is 6.36. The van der Waals surface area contributed by atoms with Gasteiger partial charge in [-0.15, -0.1) is 0 Å². The fourth-order valence-corrected chi connectivity index (χ4v) is 1.25. The van der Waals surface area contributed by atoms with Gasteiger partial charge in [-0.3, -0.25) is 4.79 Å². The number of halogens is 5. The molecule has 6 heteroatoms. The van der Waals surface area contributed by atoms with Crippen molar-refractivity contribution in [2.75, 3.05) is 0 Å². The van der Waals surface area contributed by atoms with Crippen molar-refractivity contribution in [2.24, 2.45) is 0 Å². The standard InChI is InChI=1S/C8H3BrF4O/c9-6-2-5(8(11,12)13)4(3-14)1-7(6)10/h1-3H. The van der Waals surface area contributed by atoms with Crippen molar-refractivity contribution < 1.29 is 22.4 Å². The fourth-order valence-electron chi connectivity index (χ4n) is 0.905. The molecule has 0 amide bonds. The van der Waals surface area contributed by atoms with Crippen molar-refractivity contribution in [3.8, 4) is 0 Å². The Kier molecular flexibility index (Phi) is 2.94. The first-order valence-electron chi connectivity index (χ1n) is 3.37. The summed E-state index contributed by atoms with van der Waals surface area (Å²) in [7, 11) is 0. The summed E-state index contributed by atoms with van der Waals surface area (Å²) in [5.41, 5.74) is -1.86. The summed E-state index contributed by atoms with van der Waals surface area (Å²) in [5.74, 6) is -0.903. The van der Waals surface area contributed by atoms with E-state index in [-0.39, 0.29) is 10.8 Å². The van der Waals surface area contributed by atoms with Gasteiger partial charge >= 0.3 is 6.18 Å². The van der Waals surface area contributed by atoms with Gasteiger partial charge in [0.05, 0.1) is 10.0 Å². The van der Waals surface area contributed by atoms with Crippen LogP contribution in [-0.2, 0) is 6.18 Å². The Hall–Kier alpha value is -0.910. The van der Waals surface area contributed by atoms with Crippen molar-refractivity contribution in [3.63, 3.8) is 0 Å². The van der Waals surface area contributed by atoms with Crippen LogP contribution in [0.4, 0.5) is 17.6 Å². The third-order valence-electron chi connectivity index (χ3n) is 1.52. The molecule has 0 radical (unpaired) electrons. The largest absolute Gasteiger partial charge is 0.417 e. The second kappa shape index (κ2) is 3.68. The number of hydrogen-bond acceptors (Lipinski definition) is 1. The summed E-state index contributed by atoms with van der Waals surface area (Å²) in [6.45, 7) is 0. The molecule has 0 heterocycles. The van der Waals surface area contributed by atoms with Gasteiger partial charge in [-0.2, -0.15) is 13.2 Å². The van der Waals surface area contributed by atoms with Gasteiger partial charge < -0.3 is 0 Å². The molecule has 0 saturated heterocycles. The number of alkyl halides is 3. The van der Waals surface area contributed by atoms with E-state index in [4.69, 9.17) is 0 Å². The Morgan fingerprint density at radius 3 is 2.29 bits per heavy atom. The van der Waals surface area contributed by atoms with Crippen molar-refractivity contribution in [3.05, 3.63) is 33.5 Å². The Balaban J connectivity index is 3.42. The van der Waals surface area contributed by atoms with Crippen LogP contribution in [0.2, 0.25) is 0 Å². The molecule has 0 aliphatic carbocycles. The monoisotopic (exact) mass is 270 g/mol. The van der Waals surface area contributed by atoms with Crippen LogP contribution in [0.15, 0.2) is 16.6 Å². The number of carbonyl (C=O) groups excluding carboxylic acids is 1. The Morgan fingerprint density at radius 2 is 1.86 bits per heavy atom. The highest BCUT2D eigenvalue weighted by atomic mass is 79.9. The number of benzene rings is 1. The van der Waals surface area contributed by atoms with Gasteiger partial charge in [0.15, 0.2) is 6.29 Å². The highest BCUT2D eigenvalue weighted by Gasteiger charge is 2.34. The van der Waals surface area contributed by atoms with Crippen LogP contribution in [-0.4, -0.2) is 6.29 Å². The van der Waals surface area contributed by atoms with E-state index in [9.17, 15) is 22.4 Å². The van der Waals surface area contributed by atoms with Gasteiger partial charge in [0.1, 0.15) is 5.82 Å². The van der Waals surface area contributed by atoms with Crippen molar-refractivity contribution in [1.29, 1.82) is 0 Å². The van der Waals surface area contributed by atoms with E-state index in [1.54, 1.807) is 0 Å². The van der Waals surface area contributed by atoms with Gasteiger partial charge in [-0.25, -0.2) is 4.39 Å². The fraction of sp³-hybridized carbons (Fsp3) is 0.125. The SMILES string of the molecule is O=Cc1cc(F)c(Br)cc1C(F)(F)F. The summed E-state index contributed by atoms with van der Waals surface area (Å²) < 4.78 is 49.2. The van der Waals surface area contributed by atoms with Gasteiger partial charge in [0.25, 0.3) is 0 Å². The molecule has 1 aromatic carbocycles. The molecule has 0 unspecified atom stereocenters. The highest BCUT2D eigenvalue weighted by molar-refractivity contribution is 9.10. The first-order valence-corrected chi connectivity index (χ1v) is 4.17. The molecule has 0 spiro atoms. The quantitative estimate of drug-likeness (QED) is 0.565. The molecule has 1 nitrogen and oxygen atoms in total.